The second kappa shape index (κ2) is 8.54. The number of nitrogens with zero attached hydrogens (tertiary/aromatic N) is 3. The minimum atomic E-state index is -0.523. The van der Waals surface area contributed by atoms with Gasteiger partial charge in [0.25, 0.3) is 5.89 Å². The van der Waals surface area contributed by atoms with Gasteiger partial charge in [-0.3, -0.25) is 9.63 Å². The van der Waals surface area contributed by atoms with Crippen molar-refractivity contribution in [1.82, 2.24) is 9.88 Å². The maximum absolute atomic E-state index is 13.1. The van der Waals surface area contributed by atoms with E-state index in [2.05, 4.69) is 10.1 Å². The first kappa shape index (κ1) is 18.7. The molecule has 1 aromatic heterocycles. The van der Waals surface area contributed by atoms with E-state index in [4.69, 9.17) is 9.25 Å². The Hall–Kier alpha value is -2.70. The summed E-state index contributed by atoms with van der Waals surface area (Å²) in [7, 11) is 0. The number of benzene rings is 1. The van der Waals surface area contributed by atoms with Crippen LogP contribution < -0.4 is 0 Å². The molecule has 0 bridgehead atoms. The van der Waals surface area contributed by atoms with E-state index in [0.717, 1.165) is 51.4 Å². The minimum absolute atomic E-state index is 0.00783. The van der Waals surface area contributed by atoms with E-state index in [1.807, 2.05) is 18.2 Å². The highest BCUT2D eigenvalue weighted by Crippen LogP contribution is 2.26. The van der Waals surface area contributed by atoms with Crippen LogP contribution in [-0.4, -0.2) is 40.6 Å². The SMILES string of the molecule is O=C(C(=NOC(=O)N1CCCCC1)c1nc2ccccc2o1)C1CCCCC1. The predicted octanol–water partition coefficient (Wildman–Crippen LogP) is 4.30. The van der Waals surface area contributed by atoms with Gasteiger partial charge in [0.1, 0.15) is 5.52 Å². The molecule has 148 valence electrons. The summed E-state index contributed by atoms with van der Waals surface area (Å²) in [6.45, 7) is 1.31. The van der Waals surface area contributed by atoms with Crippen molar-refractivity contribution in [3.8, 4) is 0 Å². The largest absolute Gasteiger partial charge is 0.435 e. The molecule has 1 aliphatic heterocycles. The van der Waals surface area contributed by atoms with E-state index in [9.17, 15) is 9.59 Å². The first-order valence-corrected chi connectivity index (χ1v) is 10.2. The lowest BCUT2D eigenvalue weighted by molar-refractivity contribution is -0.117. The van der Waals surface area contributed by atoms with Crippen molar-refractivity contribution in [3.05, 3.63) is 30.2 Å². The number of likely N-dealkylation sites (tertiary alicyclic amines) is 1. The second-order valence-corrected chi connectivity index (χ2v) is 7.53. The van der Waals surface area contributed by atoms with Crippen LogP contribution in [0.3, 0.4) is 0 Å². The van der Waals surface area contributed by atoms with Gasteiger partial charge in [-0.25, -0.2) is 9.78 Å². The Labute approximate surface area is 163 Å². The number of aromatic nitrogens is 1. The number of carbonyl (C=O) groups is 2. The van der Waals surface area contributed by atoms with Crippen molar-refractivity contribution in [2.24, 2.45) is 11.1 Å². The first-order valence-electron chi connectivity index (χ1n) is 10.2. The molecule has 2 heterocycles. The molecule has 1 saturated carbocycles. The summed E-state index contributed by atoms with van der Waals surface area (Å²) in [5.74, 6) is -0.169. The Bertz CT molecular complexity index is 844. The number of amides is 1. The van der Waals surface area contributed by atoms with Gasteiger partial charge in [0.2, 0.25) is 5.71 Å². The smallest absolute Gasteiger partial charge is 0.435 e. The fraction of sp³-hybridized carbons (Fsp3) is 0.524. The van der Waals surface area contributed by atoms with Crippen LogP contribution in [0.2, 0.25) is 0 Å². The van der Waals surface area contributed by atoms with Crippen molar-refractivity contribution in [2.45, 2.75) is 51.4 Å². The molecule has 7 nitrogen and oxygen atoms in total. The lowest BCUT2D eigenvalue weighted by Crippen LogP contribution is -2.36. The number of carbonyl (C=O) groups excluding carboxylic acids is 2. The molecule has 2 fully saturated rings. The van der Waals surface area contributed by atoms with E-state index < -0.39 is 6.09 Å². The number of para-hydroxylation sites is 2. The molecule has 2 aliphatic rings. The van der Waals surface area contributed by atoms with Gasteiger partial charge >= 0.3 is 6.09 Å². The number of oxazole rings is 1. The lowest BCUT2D eigenvalue weighted by Gasteiger charge is -2.24. The van der Waals surface area contributed by atoms with Crippen LogP contribution in [-0.2, 0) is 9.63 Å². The minimum Gasteiger partial charge on any atom is -0.435 e. The highest BCUT2D eigenvalue weighted by Gasteiger charge is 2.30. The molecule has 0 atom stereocenters. The molecule has 1 saturated heterocycles. The quantitative estimate of drug-likeness (QED) is 0.446. The maximum Gasteiger partial charge on any atom is 0.435 e. The Kier molecular flexibility index (Phi) is 5.69. The Balaban J connectivity index is 1.60. The van der Waals surface area contributed by atoms with E-state index >= 15 is 0 Å². The average Bonchev–Trinajstić information content (AvgIpc) is 3.18. The number of oxime groups is 1. The fourth-order valence-corrected chi connectivity index (χ4v) is 3.94. The molecule has 1 amide bonds. The molecule has 4 rings (SSSR count). The Morgan fingerprint density at radius 1 is 1.04 bits per heavy atom. The van der Waals surface area contributed by atoms with Gasteiger partial charge in [-0.15, -0.1) is 0 Å². The van der Waals surface area contributed by atoms with Crippen LogP contribution in [0.4, 0.5) is 4.79 Å². The number of Topliss-reactive ketones (excluding diaryl/α,β-unsaturated/α-hetero) is 1. The molecule has 0 unspecified atom stereocenters. The summed E-state index contributed by atoms with van der Waals surface area (Å²) in [4.78, 5) is 36.7. The molecule has 7 heteroatoms. The van der Waals surface area contributed by atoms with Crippen molar-refractivity contribution < 1.29 is 18.8 Å². The molecule has 1 aromatic carbocycles. The summed E-state index contributed by atoms with van der Waals surface area (Å²) < 4.78 is 5.75. The molecule has 2 aromatic rings. The predicted molar refractivity (Wildman–Crippen MR) is 104 cm³/mol. The summed E-state index contributed by atoms with van der Waals surface area (Å²) in [5, 5.41) is 3.96. The second-order valence-electron chi connectivity index (χ2n) is 7.53. The molecule has 0 N–H and O–H groups in total. The van der Waals surface area contributed by atoms with E-state index in [0.29, 0.717) is 24.2 Å². The van der Waals surface area contributed by atoms with E-state index in [-0.39, 0.29) is 23.3 Å². The topological polar surface area (TPSA) is 85.0 Å². The maximum atomic E-state index is 13.1. The van der Waals surface area contributed by atoms with Crippen molar-refractivity contribution in [1.29, 1.82) is 0 Å². The number of ketones is 1. The third-order valence-electron chi connectivity index (χ3n) is 5.54. The van der Waals surface area contributed by atoms with E-state index in [1.54, 1.807) is 11.0 Å². The first-order chi connectivity index (χ1) is 13.7. The van der Waals surface area contributed by atoms with Gasteiger partial charge in [-0.05, 0) is 44.2 Å². The monoisotopic (exact) mass is 383 g/mol. The van der Waals surface area contributed by atoms with Gasteiger partial charge in [0, 0.05) is 19.0 Å². The molecule has 0 radical (unpaired) electrons. The van der Waals surface area contributed by atoms with Crippen molar-refractivity contribution in [2.75, 3.05) is 13.1 Å². The molecule has 28 heavy (non-hydrogen) atoms. The average molecular weight is 383 g/mol. The van der Waals surface area contributed by atoms with Crippen LogP contribution in [0, 0.1) is 5.92 Å². The van der Waals surface area contributed by atoms with Gasteiger partial charge in [-0.1, -0.05) is 36.6 Å². The zero-order valence-electron chi connectivity index (χ0n) is 15.9. The standard InChI is InChI=1S/C21H25N3O4/c25-19(15-9-3-1-4-10-15)18(20-22-16-11-5-6-12-17(16)27-20)23-28-21(26)24-13-7-2-8-14-24/h5-6,11-12,15H,1-4,7-10,13-14H2. The molecular weight excluding hydrogens is 358 g/mol. The summed E-state index contributed by atoms with van der Waals surface area (Å²) >= 11 is 0. The number of hydrogen-bond acceptors (Lipinski definition) is 6. The molecular formula is C21H25N3O4. The third-order valence-corrected chi connectivity index (χ3v) is 5.54. The number of fused-ring (bicyclic) bond motifs is 1. The van der Waals surface area contributed by atoms with Crippen LogP contribution in [0.5, 0.6) is 0 Å². The zero-order valence-corrected chi connectivity index (χ0v) is 15.9. The molecule has 0 spiro atoms. The van der Waals surface area contributed by atoms with E-state index in [1.165, 1.54) is 0 Å². The number of rotatable bonds is 4. The third kappa shape index (κ3) is 4.08. The Morgan fingerprint density at radius 3 is 2.50 bits per heavy atom. The highest BCUT2D eigenvalue weighted by molar-refractivity contribution is 6.45. The van der Waals surface area contributed by atoms with Crippen LogP contribution in [0.25, 0.3) is 11.1 Å². The van der Waals surface area contributed by atoms with Crippen LogP contribution in [0.15, 0.2) is 33.8 Å². The molecule has 1 aliphatic carbocycles. The van der Waals surface area contributed by atoms with Gasteiger partial charge in [-0.2, -0.15) is 0 Å². The Morgan fingerprint density at radius 2 is 1.75 bits per heavy atom. The summed E-state index contributed by atoms with van der Waals surface area (Å²) in [6, 6.07) is 7.29. The number of hydrogen-bond donors (Lipinski definition) is 0. The number of piperidine rings is 1. The van der Waals surface area contributed by atoms with Gasteiger partial charge < -0.3 is 9.32 Å². The van der Waals surface area contributed by atoms with Crippen LogP contribution >= 0.6 is 0 Å². The normalized spacial score (nSPS) is 19.0. The zero-order chi connectivity index (χ0) is 19.3. The van der Waals surface area contributed by atoms with Gasteiger partial charge in [0.05, 0.1) is 0 Å². The summed E-state index contributed by atoms with van der Waals surface area (Å²) in [6.07, 6.45) is 7.32. The lowest BCUT2D eigenvalue weighted by atomic mass is 9.84. The van der Waals surface area contributed by atoms with Crippen molar-refractivity contribution >= 4 is 28.7 Å². The van der Waals surface area contributed by atoms with Crippen LogP contribution in [0.1, 0.15) is 57.3 Å². The summed E-state index contributed by atoms with van der Waals surface area (Å²) in [5.41, 5.74) is 1.22. The van der Waals surface area contributed by atoms with Crippen molar-refractivity contribution in [3.63, 3.8) is 0 Å². The fourth-order valence-electron chi connectivity index (χ4n) is 3.94. The highest BCUT2D eigenvalue weighted by atomic mass is 16.7. The van der Waals surface area contributed by atoms with Gasteiger partial charge in [0.15, 0.2) is 11.4 Å².